The van der Waals surface area contributed by atoms with Crippen molar-refractivity contribution in [2.45, 2.75) is 6.54 Å². The maximum atomic E-state index is 8.83. The summed E-state index contributed by atoms with van der Waals surface area (Å²) in [6.07, 6.45) is 0. The Morgan fingerprint density at radius 2 is 1.94 bits per heavy atom. The van der Waals surface area contributed by atoms with Gasteiger partial charge in [0.1, 0.15) is 6.54 Å². The zero-order valence-corrected chi connectivity index (χ0v) is 9.65. The maximum absolute atomic E-state index is 8.83. The highest BCUT2D eigenvalue weighted by Gasteiger charge is 2.07. The molecule has 0 atom stereocenters. The summed E-state index contributed by atoms with van der Waals surface area (Å²) in [5.74, 6) is 0. The molecule has 0 aliphatic heterocycles. The van der Waals surface area contributed by atoms with Crippen molar-refractivity contribution in [2.24, 2.45) is 0 Å². The van der Waals surface area contributed by atoms with E-state index in [1.165, 1.54) is 5.56 Å². The van der Waals surface area contributed by atoms with Gasteiger partial charge in [-0.1, -0.05) is 30.3 Å². The molecule has 0 aliphatic rings. The van der Waals surface area contributed by atoms with E-state index in [0.29, 0.717) is 6.54 Å². The smallest absolute Gasteiger partial charge is 0.107 e. The first-order valence-electron chi connectivity index (χ1n) is 5.09. The van der Waals surface area contributed by atoms with E-state index < -0.39 is 0 Å². The van der Waals surface area contributed by atoms with E-state index in [2.05, 4.69) is 23.1 Å². The SMILES string of the molecule is N#CCN(Cc1ccccc1)c1cccs1. The Bertz CT molecular complexity index is 456. The summed E-state index contributed by atoms with van der Waals surface area (Å²) in [5, 5.41) is 12.0. The molecule has 1 aromatic heterocycles. The van der Waals surface area contributed by atoms with Crippen LogP contribution in [0.1, 0.15) is 5.56 Å². The summed E-state index contributed by atoms with van der Waals surface area (Å²) in [4.78, 5) is 2.08. The van der Waals surface area contributed by atoms with Crippen molar-refractivity contribution in [3.05, 3.63) is 53.4 Å². The lowest BCUT2D eigenvalue weighted by atomic mass is 10.2. The Labute approximate surface area is 99.4 Å². The van der Waals surface area contributed by atoms with E-state index in [-0.39, 0.29) is 0 Å². The van der Waals surface area contributed by atoms with Gasteiger partial charge in [0.2, 0.25) is 0 Å². The number of nitrogens with zero attached hydrogens (tertiary/aromatic N) is 2. The molecule has 0 unspecified atom stereocenters. The summed E-state index contributed by atoms with van der Waals surface area (Å²) in [6.45, 7) is 1.21. The number of hydrogen-bond donors (Lipinski definition) is 0. The predicted molar refractivity (Wildman–Crippen MR) is 67.4 cm³/mol. The van der Waals surface area contributed by atoms with Gasteiger partial charge < -0.3 is 4.90 Å². The lowest BCUT2D eigenvalue weighted by Gasteiger charge is -2.19. The Morgan fingerprint density at radius 1 is 1.12 bits per heavy atom. The number of nitriles is 1. The van der Waals surface area contributed by atoms with Crippen molar-refractivity contribution < 1.29 is 0 Å². The van der Waals surface area contributed by atoms with Crippen molar-refractivity contribution in [1.82, 2.24) is 0 Å². The normalized spacial score (nSPS) is 9.69. The topological polar surface area (TPSA) is 27.0 Å². The van der Waals surface area contributed by atoms with Crippen molar-refractivity contribution in [3.63, 3.8) is 0 Å². The van der Waals surface area contributed by atoms with Crippen LogP contribution < -0.4 is 4.90 Å². The second-order valence-corrected chi connectivity index (χ2v) is 4.38. The second kappa shape index (κ2) is 5.34. The second-order valence-electron chi connectivity index (χ2n) is 3.45. The van der Waals surface area contributed by atoms with Gasteiger partial charge in [0.15, 0.2) is 0 Å². The predicted octanol–water partition coefficient (Wildman–Crippen LogP) is 3.28. The van der Waals surface area contributed by atoms with Gasteiger partial charge in [-0.25, -0.2) is 0 Å². The Kier molecular flexibility index (Phi) is 3.58. The molecule has 0 bridgehead atoms. The highest BCUT2D eigenvalue weighted by molar-refractivity contribution is 7.14. The first kappa shape index (κ1) is 10.7. The largest absolute Gasteiger partial charge is 0.346 e. The fourth-order valence-electron chi connectivity index (χ4n) is 1.55. The first-order chi connectivity index (χ1) is 7.90. The summed E-state index contributed by atoms with van der Waals surface area (Å²) in [7, 11) is 0. The summed E-state index contributed by atoms with van der Waals surface area (Å²) in [6, 6.07) is 16.5. The van der Waals surface area contributed by atoms with Crippen molar-refractivity contribution in [3.8, 4) is 6.07 Å². The monoisotopic (exact) mass is 228 g/mol. The van der Waals surface area contributed by atoms with Crippen LogP contribution in [0.15, 0.2) is 47.8 Å². The van der Waals surface area contributed by atoms with Crippen LogP contribution in [0.2, 0.25) is 0 Å². The number of hydrogen-bond acceptors (Lipinski definition) is 3. The minimum atomic E-state index is 0.426. The summed E-state index contributed by atoms with van der Waals surface area (Å²) in [5.41, 5.74) is 1.23. The fourth-order valence-corrected chi connectivity index (χ4v) is 2.28. The molecule has 2 aromatic rings. The lowest BCUT2D eigenvalue weighted by molar-refractivity contribution is 0.883. The maximum Gasteiger partial charge on any atom is 0.107 e. The molecular weight excluding hydrogens is 216 g/mol. The summed E-state index contributed by atoms with van der Waals surface area (Å²) < 4.78 is 0. The third kappa shape index (κ3) is 2.62. The molecule has 0 spiro atoms. The molecule has 0 aliphatic carbocycles. The molecule has 0 amide bonds. The molecule has 3 heteroatoms. The fraction of sp³-hybridized carbons (Fsp3) is 0.154. The van der Waals surface area contributed by atoms with Crippen molar-refractivity contribution in [2.75, 3.05) is 11.4 Å². The molecule has 0 N–H and O–H groups in total. The molecule has 16 heavy (non-hydrogen) atoms. The van der Waals surface area contributed by atoms with Crippen LogP contribution in [-0.2, 0) is 6.54 Å². The van der Waals surface area contributed by atoms with Crippen LogP contribution in [0.4, 0.5) is 5.00 Å². The van der Waals surface area contributed by atoms with Crippen LogP contribution in [0, 0.1) is 11.3 Å². The van der Waals surface area contributed by atoms with Gasteiger partial charge in [-0.2, -0.15) is 5.26 Å². The lowest BCUT2D eigenvalue weighted by Crippen LogP contribution is -2.21. The minimum absolute atomic E-state index is 0.426. The minimum Gasteiger partial charge on any atom is -0.346 e. The highest BCUT2D eigenvalue weighted by Crippen LogP contribution is 2.22. The summed E-state index contributed by atoms with van der Waals surface area (Å²) >= 11 is 1.67. The van der Waals surface area contributed by atoms with Gasteiger partial charge in [0.05, 0.1) is 11.1 Å². The van der Waals surface area contributed by atoms with E-state index in [0.717, 1.165) is 11.5 Å². The average Bonchev–Trinajstić information content (AvgIpc) is 2.83. The van der Waals surface area contributed by atoms with Crippen molar-refractivity contribution in [1.29, 1.82) is 5.26 Å². The molecule has 1 aromatic carbocycles. The third-order valence-electron chi connectivity index (χ3n) is 2.30. The molecule has 0 fully saturated rings. The Balaban J connectivity index is 2.13. The highest BCUT2D eigenvalue weighted by atomic mass is 32.1. The van der Waals surface area contributed by atoms with Crippen LogP contribution in [-0.4, -0.2) is 6.54 Å². The number of anilines is 1. The Hall–Kier alpha value is -1.79. The number of thiophene rings is 1. The van der Waals surface area contributed by atoms with E-state index in [4.69, 9.17) is 5.26 Å². The van der Waals surface area contributed by atoms with Gasteiger partial charge >= 0.3 is 0 Å². The standard InChI is InChI=1S/C13H12N2S/c14-8-9-15(13-7-4-10-16-13)11-12-5-2-1-3-6-12/h1-7,10H,9,11H2. The van der Waals surface area contributed by atoms with E-state index >= 15 is 0 Å². The third-order valence-corrected chi connectivity index (χ3v) is 3.22. The van der Waals surface area contributed by atoms with Gasteiger partial charge in [-0.3, -0.25) is 0 Å². The molecule has 2 rings (SSSR count). The van der Waals surface area contributed by atoms with Crippen LogP contribution in [0.3, 0.4) is 0 Å². The Morgan fingerprint density at radius 3 is 2.56 bits per heavy atom. The zero-order valence-electron chi connectivity index (χ0n) is 8.84. The molecule has 0 radical (unpaired) electrons. The number of rotatable bonds is 4. The van der Waals surface area contributed by atoms with E-state index in [1.54, 1.807) is 11.3 Å². The number of benzene rings is 1. The van der Waals surface area contributed by atoms with Crippen LogP contribution in [0.25, 0.3) is 0 Å². The van der Waals surface area contributed by atoms with E-state index in [1.807, 2.05) is 35.7 Å². The molecule has 2 nitrogen and oxygen atoms in total. The molecule has 0 saturated carbocycles. The molecule has 80 valence electrons. The first-order valence-corrected chi connectivity index (χ1v) is 5.97. The molecule has 1 heterocycles. The zero-order chi connectivity index (χ0) is 11.2. The molecular formula is C13H12N2S. The van der Waals surface area contributed by atoms with Crippen LogP contribution in [0.5, 0.6) is 0 Å². The van der Waals surface area contributed by atoms with Gasteiger partial charge in [-0.15, -0.1) is 11.3 Å². The van der Waals surface area contributed by atoms with Gasteiger partial charge in [0, 0.05) is 6.54 Å². The average molecular weight is 228 g/mol. The van der Waals surface area contributed by atoms with Gasteiger partial charge in [0.25, 0.3) is 0 Å². The van der Waals surface area contributed by atoms with E-state index in [9.17, 15) is 0 Å². The van der Waals surface area contributed by atoms with Crippen LogP contribution >= 0.6 is 11.3 Å². The quantitative estimate of drug-likeness (QED) is 0.751. The van der Waals surface area contributed by atoms with Crippen molar-refractivity contribution >= 4 is 16.3 Å². The van der Waals surface area contributed by atoms with Gasteiger partial charge in [-0.05, 0) is 23.1 Å². The molecule has 0 saturated heterocycles.